The van der Waals surface area contributed by atoms with Gasteiger partial charge in [0.1, 0.15) is 5.82 Å². The van der Waals surface area contributed by atoms with Crippen LogP contribution in [0.5, 0.6) is 0 Å². The molecular formula is C19H24FN3O3. The van der Waals surface area contributed by atoms with E-state index in [0.29, 0.717) is 30.6 Å². The number of nitrogens with zero attached hydrogens (tertiary/aromatic N) is 3. The summed E-state index contributed by atoms with van der Waals surface area (Å²) >= 11 is 0. The van der Waals surface area contributed by atoms with Crippen LogP contribution >= 0.6 is 0 Å². The van der Waals surface area contributed by atoms with E-state index >= 15 is 0 Å². The molecule has 0 spiro atoms. The first kappa shape index (κ1) is 18.5. The van der Waals surface area contributed by atoms with Gasteiger partial charge in [-0.1, -0.05) is 23.2 Å². The van der Waals surface area contributed by atoms with Crippen LogP contribution in [0.4, 0.5) is 4.39 Å². The van der Waals surface area contributed by atoms with Gasteiger partial charge in [0, 0.05) is 13.0 Å². The van der Waals surface area contributed by atoms with Crippen molar-refractivity contribution >= 4 is 5.97 Å². The summed E-state index contributed by atoms with van der Waals surface area (Å²) in [7, 11) is 0. The molecule has 2 heterocycles. The van der Waals surface area contributed by atoms with E-state index in [2.05, 4.69) is 15.0 Å². The highest BCUT2D eigenvalue weighted by Crippen LogP contribution is 2.25. The van der Waals surface area contributed by atoms with Crippen molar-refractivity contribution in [3.63, 3.8) is 0 Å². The Morgan fingerprint density at radius 2 is 2.27 bits per heavy atom. The number of hydrogen-bond acceptors (Lipinski definition) is 6. The Hall–Kier alpha value is -2.28. The van der Waals surface area contributed by atoms with Crippen LogP contribution in [0.3, 0.4) is 0 Å². The SMILES string of the molecule is CC(=O)OCCC1CCCCN1Cc1noc(-c2cc(C)ccc2F)n1. The molecule has 0 bridgehead atoms. The maximum Gasteiger partial charge on any atom is 0.302 e. The predicted octanol–water partition coefficient (Wildman–Crippen LogP) is 3.49. The molecular weight excluding hydrogens is 337 g/mol. The summed E-state index contributed by atoms with van der Waals surface area (Å²) in [5, 5.41) is 4.02. The van der Waals surface area contributed by atoms with Gasteiger partial charge >= 0.3 is 5.97 Å². The molecule has 6 nitrogen and oxygen atoms in total. The third-order valence-electron chi connectivity index (χ3n) is 4.67. The Kier molecular flexibility index (Phi) is 5.98. The van der Waals surface area contributed by atoms with Crippen molar-refractivity contribution in [2.45, 2.75) is 52.1 Å². The zero-order valence-electron chi connectivity index (χ0n) is 15.2. The monoisotopic (exact) mass is 361 g/mol. The molecule has 0 amide bonds. The molecule has 7 heteroatoms. The first-order valence-corrected chi connectivity index (χ1v) is 8.99. The summed E-state index contributed by atoms with van der Waals surface area (Å²) in [5.41, 5.74) is 1.26. The fraction of sp³-hybridized carbons (Fsp3) is 0.526. The first-order chi connectivity index (χ1) is 12.5. The number of carbonyl (C=O) groups is 1. The maximum atomic E-state index is 14.0. The van der Waals surface area contributed by atoms with Gasteiger partial charge < -0.3 is 9.26 Å². The van der Waals surface area contributed by atoms with Crippen LogP contribution in [0.25, 0.3) is 11.5 Å². The summed E-state index contributed by atoms with van der Waals surface area (Å²) in [4.78, 5) is 17.6. The predicted molar refractivity (Wildman–Crippen MR) is 93.7 cm³/mol. The molecule has 0 N–H and O–H groups in total. The Labute approximate surface area is 152 Å². The number of aromatic nitrogens is 2. The Morgan fingerprint density at radius 1 is 1.42 bits per heavy atom. The fourth-order valence-electron chi connectivity index (χ4n) is 3.35. The minimum absolute atomic E-state index is 0.203. The van der Waals surface area contributed by atoms with Crippen molar-refractivity contribution < 1.29 is 18.4 Å². The molecule has 1 aromatic carbocycles. The zero-order valence-corrected chi connectivity index (χ0v) is 15.2. The van der Waals surface area contributed by atoms with Crippen molar-refractivity contribution in [1.29, 1.82) is 0 Å². The van der Waals surface area contributed by atoms with Gasteiger partial charge in [-0.15, -0.1) is 0 Å². The topological polar surface area (TPSA) is 68.5 Å². The van der Waals surface area contributed by atoms with Gasteiger partial charge in [-0.2, -0.15) is 4.98 Å². The smallest absolute Gasteiger partial charge is 0.302 e. The lowest BCUT2D eigenvalue weighted by molar-refractivity contribution is -0.141. The lowest BCUT2D eigenvalue weighted by atomic mass is 9.99. The molecule has 0 aliphatic carbocycles. The minimum Gasteiger partial charge on any atom is -0.466 e. The largest absolute Gasteiger partial charge is 0.466 e. The molecule has 140 valence electrons. The zero-order chi connectivity index (χ0) is 18.5. The highest BCUT2D eigenvalue weighted by molar-refractivity contribution is 5.65. The molecule has 2 aromatic rings. The standard InChI is InChI=1S/C19H24FN3O3/c1-13-6-7-17(20)16(11-13)19-21-18(22-26-19)12-23-9-4-3-5-15(23)8-10-25-14(2)24/h6-7,11,15H,3-5,8-10,12H2,1-2H3. The molecule has 1 atom stereocenters. The molecule has 26 heavy (non-hydrogen) atoms. The number of piperidine rings is 1. The van der Waals surface area contributed by atoms with Gasteiger partial charge in [0.2, 0.25) is 0 Å². The van der Waals surface area contributed by atoms with Gasteiger partial charge in [-0.25, -0.2) is 4.39 Å². The number of halogens is 1. The normalized spacial score (nSPS) is 18.0. The van der Waals surface area contributed by atoms with Crippen LogP contribution in [0.1, 0.15) is 44.0 Å². The second-order valence-electron chi connectivity index (χ2n) is 6.75. The highest BCUT2D eigenvalue weighted by atomic mass is 19.1. The van der Waals surface area contributed by atoms with E-state index in [0.717, 1.165) is 37.8 Å². The van der Waals surface area contributed by atoms with Crippen LogP contribution < -0.4 is 0 Å². The summed E-state index contributed by atoms with van der Waals surface area (Å²) in [6, 6.07) is 5.14. The van der Waals surface area contributed by atoms with Gasteiger partial charge in [0.25, 0.3) is 5.89 Å². The average molecular weight is 361 g/mol. The molecule has 1 unspecified atom stereocenters. The van der Waals surface area contributed by atoms with Gasteiger partial charge in [0.15, 0.2) is 5.82 Å². The molecule has 0 radical (unpaired) electrons. The fourth-order valence-corrected chi connectivity index (χ4v) is 3.35. The Bertz CT molecular complexity index is 762. The number of benzene rings is 1. The van der Waals surface area contributed by atoms with Crippen LogP contribution in [0.2, 0.25) is 0 Å². The van der Waals surface area contributed by atoms with E-state index in [9.17, 15) is 9.18 Å². The summed E-state index contributed by atoms with van der Waals surface area (Å²) in [6.45, 7) is 5.21. The van der Waals surface area contributed by atoms with Gasteiger partial charge in [-0.3, -0.25) is 9.69 Å². The Morgan fingerprint density at radius 3 is 3.08 bits per heavy atom. The van der Waals surface area contributed by atoms with Gasteiger partial charge in [-0.05, 0) is 44.9 Å². The van der Waals surface area contributed by atoms with E-state index in [1.54, 1.807) is 12.1 Å². The van der Waals surface area contributed by atoms with Gasteiger partial charge in [0.05, 0.1) is 18.7 Å². The third-order valence-corrected chi connectivity index (χ3v) is 4.67. The lowest BCUT2D eigenvalue weighted by Gasteiger charge is -2.34. The number of rotatable bonds is 6. The second kappa shape index (κ2) is 8.40. The van der Waals surface area contributed by atoms with E-state index in [-0.39, 0.29) is 17.7 Å². The summed E-state index contributed by atoms with van der Waals surface area (Å²) < 4.78 is 24.4. The van der Waals surface area contributed by atoms with Crippen molar-refractivity contribution in [3.8, 4) is 11.5 Å². The average Bonchev–Trinajstić information content (AvgIpc) is 3.06. The third kappa shape index (κ3) is 4.66. The summed E-state index contributed by atoms with van der Waals surface area (Å²) in [6.07, 6.45) is 4.11. The van der Waals surface area contributed by atoms with Crippen LogP contribution in [0, 0.1) is 12.7 Å². The van der Waals surface area contributed by atoms with Crippen molar-refractivity contribution in [3.05, 3.63) is 35.4 Å². The van der Waals surface area contributed by atoms with Crippen LogP contribution in [-0.4, -0.2) is 40.2 Å². The number of likely N-dealkylation sites (tertiary alicyclic amines) is 1. The number of aryl methyl sites for hydroxylation is 1. The van der Waals surface area contributed by atoms with Crippen molar-refractivity contribution in [1.82, 2.24) is 15.0 Å². The van der Waals surface area contributed by atoms with Crippen molar-refractivity contribution in [2.24, 2.45) is 0 Å². The number of esters is 1. The molecule has 0 saturated carbocycles. The maximum absolute atomic E-state index is 14.0. The first-order valence-electron chi connectivity index (χ1n) is 8.99. The van der Waals surface area contributed by atoms with Crippen molar-refractivity contribution in [2.75, 3.05) is 13.2 Å². The molecule has 1 saturated heterocycles. The number of hydrogen-bond donors (Lipinski definition) is 0. The molecule has 3 rings (SSSR count). The van der Waals surface area contributed by atoms with E-state index < -0.39 is 0 Å². The van der Waals surface area contributed by atoms with E-state index in [1.165, 1.54) is 13.0 Å². The molecule has 1 aliphatic heterocycles. The minimum atomic E-state index is -0.372. The number of carbonyl (C=O) groups excluding carboxylic acids is 1. The quantitative estimate of drug-likeness (QED) is 0.734. The second-order valence-corrected chi connectivity index (χ2v) is 6.75. The highest BCUT2D eigenvalue weighted by Gasteiger charge is 2.24. The lowest BCUT2D eigenvalue weighted by Crippen LogP contribution is -2.40. The molecule has 1 aliphatic rings. The Balaban J connectivity index is 1.66. The summed E-state index contributed by atoms with van der Waals surface area (Å²) in [5.74, 6) is 0.119. The molecule has 1 aromatic heterocycles. The molecule has 1 fully saturated rings. The number of ether oxygens (including phenoxy) is 1. The van der Waals surface area contributed by atoms with E-state index in [4.69, 9.17) is 9.26 Å². The van der Waals surface area contributed by atoms with E-state index in [1.807, 2.05) is 6.92 Å². The van der Waals surface area contributed by atoms with Crippen LogP contribution in [0.15, 0.2) is 22.7 Å². The van der Waals surface area contributed by atoms with Crippen LogP contribution in [-0.2, 0) is 16.1 Å².